The average Bonchev–Trinajstić information content (AvgIpc) is 2.20. The van der Waals surface area contributed by atoms with E-state index in [0.29, 0.717) is 0 Å². The maximum atomic E-state index is 11.1. The molecule has 0 heterocycles. The summed E-state index contributed by atoms with van der Waals surface area (Å²) in [5.41, 5.74) is 0.269. The van der Waals surface area contributed by atoms with Crippen molar-refractivity contribution >= 4 is 28.8 Å². The first-order chi connectivity index (χ1) is 7.82. The number of thioether (sulfide) groups is 1. The number of carbonyl (C=O) groups excluding carboxylic acids is 3. The van der Waals surface area contributed by atoms with Crippen LogP contribution in [-0.2, 0) is 23.9 Å². The second kappa shape index (κ2) is 7.89. The molecule has 0 radical (unpaired) electrons. The Balaban J connectivity index is 4.18. The SMILES string of the molecule is C=C(C)C(=O)OCC(CSC(C)=O)OC(C)=O. The fourth-order valence-electron chi connectivity index (χ4n) is 0.853. The lowest BCUT2D eigenvalue weighted by Gasteiger charge is -2.16. The van der Waals surface area contributed by atoms with Crippen LogP contribution in [0.5, 0.6) is 0 Å². The molecule has 0 spiro atoms. The summed E-state index contributed by atoms with van der Waals surface area (Å²) in [6.45, 7) is 7.54. The average molecular weight is 260 g/mol. The Morgan fingerprint density at radius 2 is 1.82 bits per heavy atom. The van der Waals surface area contributed by atoms with Crippen LogP contribution in [0.2, 0.25) is 0 Å². The third-order valence-corrected chi connectivity index (χ3v) is 2.50. The quantitative estimate of drug-likeness (QED) is 0.530. The molecule has 0 aliphatic heterocycles. The van der Waals surface area contributed by atoms with E-state index in [1.165, 1.54) is 20.8 Å². The van der Waals surface area contributed by atoms with Crippen molar-refractivity contribution in [2.75, 3.05) is 12.4 Å². The third kappa shape index (κ3) is 8.50. The van der Waals surface area contributed by atoms with E-state index in [9.17, 15) is 14.4 Å². The van der Waals surface area contributed by atoms with Gasteiger partial charge in [-0.05, 0) is 6.92 Å². The molecule has 6 heteroatoms. The molecule has 0 saturated heterocycles. The van der Waals surface area contributed by atoms with Crippen LogP contribution in [-0.4, -0.2) is 35.5 Å². The van der Waals surface area contributed by atoms with Gasteiger partial charge in [-0.2, -0.15) is 0 Å². The molecule has 0 aromatic rings. The Bertz CT molecular complexity index is 324. The van der Waals surface area contributed by atoms with Crippen LogP contribution < -0.4 is 0 Å². The van der Waals surface area contributed by atoms with Gasteiger partial charge in [-0.25, -0.2) is 4.79 Å². The smallest absolute Gasteiger partial charge is 0.333 e. The molecule has 96 valence electrons. The zero-order valence-corrected chi connectivity index (χ0v) is 11.0. The van der Waals surface area contributed by atoms with Gasteiger partial charge in [-0.1, -0.05) is 18.3 Å². The summed E-state index contributed by atoms with van der Waals surface area (Å²) < 4.78 is 9.77. The van der Waals surface area contributed by atoms with Crippen LogP contribution in [0.1, 0.15) is 20.8 Å². The molecule has 0 aliphatic rings. The molecule has 0 amide bonds. The van der Waals surface area contributed by atoms with Gasteiger partial charge in [0.25, 0.3) is 0 Å². The van der Waals surface area contributed by atoms with E-state index >= 15 is 0 Å². The summed E-state index contributed by atoms with van der Waals surface area (Å²) in [4.78, 5) is 32.7. The normalized spacial score (nSPS) is 11.5. The van der Waals surface area contributed by atoms with E-state index in [-0.39, 0.29) is 23.0 Å². The van der Waals surface area contributed by atoms with Crippen LogP contribution in [0.25, 0.3) is 0 Å². The number of hydrogen-bond acceptors (Lipinski definition) is 6. The summed E-state index contributed by atoms with van der Waals surface area (Å²) in [5.74, 6) is -0.765. The van der Waals surface area contributed by atoms with Crippen molar-refractivity contribution in [1.29, 1.82) is 0 Å². The highest BCUT2D eigenvalue weighted by molar-refractivity contribution is 8.13. The summed E-state index contributed by atoms with van der Waals surface area (Å²) in [6.07, 6.45) is -0.621. The molecule has 5 nitrogen and oxygen atoms in total. The number of ether oxygens (including phenoxy) is 2. The summed E-state index contributed by atoms with van der Waals surface area (Å²) in [7, 11) is 0. The predicted octanol–water partition coefficient (Wildman–Crippen LogP) is 1.32. The lowest BCUT2D eigenvalue weighted by atomic mass is 10.3. The van der Waals surface area contributed by atoms with E-state index in [4.69, 9.17) is 9.47 Å². The highest BCUT2D eigenvalue weighted by atomic mass is 32.2. The Kier molecular flexibility index (Phi) is 7.29. The Hall–Kier alpha value is -1.30. The molecule has 1 atom stereocenters. The molecule has 0 N–H and O–H groups in total. The van der Waals surface area contributed by atoms with Gasteiger partial charge in [0.1, 0.15) is 12.7 Å². The maximum absolute atomic E-state index is 11.1. The fourth-order valence-corrected chi connectivity index (χ4v) is 1.44. The molecule has 0 fully saturated rings. The van der Waals surface area contributed by atoms with Crippen LogP contribution in [0.3, 0.4) is 0 Å². The number of rotatable bonds is 6. The monoisotopic (exact) mass is 260 g/mol. The molecule has 1 unspecified atom stereocenters. The lowest BCUT2D eigenvalue weighted by Crippen LogP contribution is -2.27. The molecule has 0 bridgehead atoms. The third-order valence-electron chi connectivity index (χ3n) is 1.55. The minimum atomic E-state index is -0.621. The number of carbonyl (C=O) groups is 3. The molecular weight excluding hydrogens is 244 g/mol. The lowest BCUT2D eigenvalue weighted by molar-refractivity contribution is -0.153. The number of esters is 2. The van der Waals surface area contributed by atoms with Gasteiger partial charge in [0.15, 0.2) is 5.12 Å². The zero-order chi connectivity index (χ0) is 13.4. The van der Waals surface area contributed by atoms with Crippen LogP contribution in [0, 0.1) is 0 Å². The van der Waals surface area contributed by atoms with Crippen molar-refractivity contribution < 1.29 is 23.9 Å². The van der Waals surface area contributed by atoms with Gasteiger partial charge in [0, 0.05) is 25.2 Å². The Labute approximate surface area is 105 Å². The minimum Gasteiger partial charge on any atom is -0.458 e. The molecule has 0 aromatic carbocycles. The predicted molar refractivity (Wildman–Crippen MR) is 64.5 cm³/mol. The van der Waals surface area contributed by atoms with Gasteiger partial charge < -0.3 is 9.47 Å². The topological polar surface area (TPSA) is 69.7 Å². The standard InChI is InChI=1S/C11H16O5S/c1-7(2)11(14)15-5-10(16-8(3)12)6-17-9(4)13/h10H,1,5-6H2,2-4H3. The first-order valence-corrected chi connectivity index (χ1v) is 5.94. The van der Waals surface area contributed by atoms with E-state index in [1.54, 1.807) is 0 Å². The van der Waals surface area contributed by atoms with Gasteiger partial charge >= 0.3 is 11.9 Å². The maximum Gasteiger partial charge on any atom is 0.333 e. The van der Waals surface area contributed by atoms with Crippen LogP contribution in [0.4, 0.5) is 0 Å². The molecule has 17 heavy (non-hydrogen) atoms. The van der Waals surface area contributed by atoms with Gasteiger partial charge in [-0.3, -0.25) is 9.59 Å². The largest absolute Gasteiger partial charge is 0.458 e. The van der Waals surface area contributed by atoms with Crippen LogP contribution >= 0.6 is 11.8 Å². The van der Waals surface area contributed by atoms with Crippen molar-refractivity contribution in [3.8, 4) is 0 Å². The van der Waals surface area contributed by atoms with Crippen LogP contribution in [0.15, 0.2) is 12.2 Å². The van der Waals surface area contributed by atoms with Crippen molar-refractivity contribution in [2.45, 2.75) is 26.9 Å². The molecule has 0 rings (SSSR count). The summed E-state index contributed by atoms with van der Waals surface area (Å²) >= 11 is 1.01. The highest BCUT2D eigenvalue weighted by Crippen LogP contribution is 2.08. The number of hydrogen-bond donors (Lipinski definition) is 0. The van der Waals surface area contributed by atoms with Crippen molar-refractivity contribution in [3.05, 3.63) is 12.2 Å². The van der Waals surface area contributed by atoms with E-state index in [0.717, 1.165) is 11.8 Å². The van der Waals surface area contributed by atoms with Crippen molar-refractivity contribution in [1.82, 2.24) is 0 Å². The highest BCUT2D eigenvalue weighted by Gasteiger charge is 2.16. The van der Waals surface area contributed by atoms with E-state index in [1.807, 2.05) is 0 Å². The van der Waals surface area contributed by atoms with Gasteiger partial charge in [0.05, 0.1) is 0 Å². The second-order valence-electron chi connectivity index (χ2n) is 3.41. The fraction of sp³-hybridized carbons (Fsp3) is 0.545. The van der Waals surface area contributed by atoms with E-state index < -0.39 is 18.0 Å². The minimum absolute atomic E-state index is 0.0778. The molecule has 0 aromatic heterocycles. The van der Waals surface area contributed by atoms with Gasteiger partial charge in [0.2, 0.25) is 0 Å². The Morgan fingerprint density at radius 1 is 1.24 bits per heavy atom. The molecule has 0 aliphatic carbocycles. The van der Waals surface area contributed by atoms with E-state index in [2.05, 4.69) is 6.58 Å². The van der Waals surface area contributed by atoms with Crippen molar-refractivity contribution in [3.63, 3.8) is 0 Å². The Morgan fingerprint density at radius 3 is 2.24 bits per heavy atom. The first-order valence-electron chi connectivity index (χ1n) is 4.96. The molecule has 0 saturated carbocycles. The first kappa shape index (κ1) is 15.7. The van der Waals surface area contributed by atoms with Gasteiger partial charge in [-0.15, -0.1) is 0 Å². The summed E-state index contributed by atoms with van der Waals surface area (Å²) in [6, 6.07) is 0. The zero-order valence-electron chi connectivity index (χ0n) is 10.1. The second-order valence-corrected chi connectivity index (χ2v) is 4.61. The van der Waals surface area contributed by atoms with Crippen molar-refractivity contribution in [2.24, 2.45) is 0 Å². The molecular formula is C11H16O5S. The summed E-state index contributed by atoms with van der Waals surface area (Å²) in [5, 5.41) is -0.0895.